The summed E-state index contributed by atoms with van der Waals surface area (Å²) in [6.45, 7) is 6.04. The van der Waals surface area contributed by atoms with Crippen LogP contribution in [-0.4, -0.2) is 11.9 Å². The Labute approximate surface area is 64.5 Å². The Hall–Kier alpha value is -0.530. The summed E-state index contributed by atoms with van der Waals surface area (Å²) in [5.74, 6) is 0.178. The molecule has 0 atom stereocenters. The predicted octanol–water partition coefficient (Wildman–Crippen LogP) is 1.95. The molecule has 0 aromatic rings. The first-order valence-corrected chi connectivity index (χ1v) is 3.96. The number of carbonyl (C=O) groups is 1. The highest BCUT2D eigenvalue weighted by Gasteiger charge is 2.00. The van der Waals surface area contributed by atoms with Gasteiger partial charge in [0.25, 0.3) is 0 Å². The van der Waals surface area contributed by atoms with Crippen LogP contribution in [0.5, 0.6) is 0 Å². The normalized spacial score (nSPS) is 10.0. The van der Waals surface area contributed by atoms with Crippen molar-refractivity contribution in [1.29, 1.82) is 0 Å². The fourth-order valence-corrected chi connectivity index (χ4v) is 0.731. The Morgan fingerprint density at radius 3 is 2.60 bits per heavy atom. The average molecular weight is 145 g/mol. The number of amides is 1. The Bertz CT molecular complexity index is 104. The first-order chi connectivity index (χ1) is 4.66. The van der Waals surface area contributed by atoms with Crippen molar-refractivity contribution in [3.8, 4) is 0 Å². The van der Waals surface area contributed by atoms with Gasteiger partial charge in [0.1, 0.15) is 0 Å². The van der Waals surface area contributed by atoms with Crippen molar-refractivity contribution in [2.75, 3.05) is 0 Å². The minimum Gasteiger partial charge on any atom is -0.354 e. The quantitative estimate of drug-likeness (QED) is 0.643. The van der Waals surface area contributed by atoms with Crippen molar-refractivity contribution >= 4 is 5.91 Å². The molecule has 1 N–H and O–H groups in total. The lowest BCUT2D eigenvalue weighted by Gasteiger charge is -2.06. The van der Waals surface area contributed by atoms with Crippen LogP contribution in [0.25, 0.3) is 0 Å². The first-order valence-electron chi connectivity index (χ1n) is 3.96. The van der Waals surface area contributed by atoms with Gasteiger partial charge in [0.05, 0.1) is 0 Å². The largest absolute Gasteiger partial charge is 0.354 e. The molecule has 0 saturated carbocycles. The molecule has 0 saturated heterocycles. The van der Waals surface area contributed by atoms with E-state index < -0.39 is 0 Å². The second kappa shape index (κ2) is 5.27. The smallest absolute Gasteiger partial charge is 0.220 e. The van der Waals surface area contributed by atoms with Crippen molar-refractivity contribution in [3.05, 3.63) is 0 Å². The van der Waals surface area contributed by atoms with Crippen molar-refractivity contribution in [2.45, 2.75) is 46.1 Å². The molecule has 0 aromatic heterocycles. The Balaban J connectivity index is 0. The van der Waals surface area contributed by atoms with Crippen LogP contribution in [-0.2, 0) is 4.79 Å². The fourth-order valence-electron chi connectivity index (χ4n) is 0.731. The molecule has 2 heteroatoms. The second-order valence-electron chi connectivity index (χ2n) is 2.83. The van der Waals surface area contributed by atoms with Crippen LogP contribution in [0, 0.1) is 0 Å². The van der Waals surface area contributed by atoms with E-state index in [1.807, 2.05) is 13.8 Å². The molecular weight excluding hydrogens is 126 g/mol. The van der Waals surface area contributed by atoms with Gasteiger partial charge in [0.15, 0.2) is 0 Å². The van der Waals surface area contributed by atoms with E-state index in [-0.39, 0.29) is 13.4 Å². The highest BCUT2D eigenvalue weighted by molar-refractivity contribution is 5.76. The molecule has 0 rings (SSSR count). The number of hydrogen-bond acceptors (Lipinski definition) is 1. The lowest BCUT2D eigenvalue weighted by Crippen LogP contribution is -2.29. The number of hydrogen-bond donors (Lipinski definition) is 1. The van der Waals surface area contributed by atoms with Gasteiger partial charge in [-0.25, -0.2) is 0 Å². The summed E-state index contributed by atoms with van der Waals surface area (Å²) in [6, 6.07) is 0.282. The van der Waals surface area contributed by atoms with Crippen LogP contribution in [0.1, 0.15) is 41.5 Å². The Kier molecular flexibility index (Phi) is 4.99. The minimum absolute atomic E-state index is 0. The lowest BCUT2D eigenvalue weighted by molar-refractivity contribution is -0.121. The monoisotopic (exact) mass is 145 g/mol. The van der Waals surface area contributed by atoms with Crippen molar-refractivity contribution in [2.24, 2.45) is 0 Å². The zero-order valence-electron chi connectivity index (χ0n) is 7.11. The van der Waals surface area contributed by atoms with Crippen LogP contribution in [0.3, 0.4) is 0 Å². The fraction of sp³-hybridized carbons (Fsp3) is 0.875. The average Bonchev–Trinajstić information content (AvgIpc) is 1.82. The van der Waals surface area contributed by atoms with Crippen LogP contribution in [0.2, 0.25) is 0 Å². The Morgan fingerprint density at radius 2 is 2.20 bits per heavy atom. The third-order valence-electron chi connectivity index (χ3n) is 1.21. The number of unbranched alkanes of at least 4 members (excludes halogenated alkanes) is 1. The molecule has 0 aliphatic carbocycles. The van der Waals surface area contributed by atoms with Gasteiger partial charge in [-0.1, -0.05) is 13.3 Å². The highest BCUT2D eigenvalue weighted by atomic mass is 16.1. The summed E-state index contributed by atoms with van der Waals surface area (Å²) in [7, 11) is 0. The van der Waals surface area contributed by atoms with Crippen LogP contribution in [0.4, 0.5) is 0 Å². The zero-order valence-corrected chi connectivity index (χ0v) is 7.11. The molecule has 0 aromatic carbocycles. The third kappa shape index (κ3) is 5.60. The first kappa shape index (κ1) is 9.47. The molecule has 0 aliphatic heterocycles. The van der Waals surface area contributed by atoms with Crippen LogP contribution >= 0.6 is 0 Å². The summed E-state index contributed by atoms with van der Waals surface area (Å²) < 4.78 is 0. The van der Waals surface area contributed by atoms with Gasteiger partial charge >= 0.3 is 0 Å². The summed E-state index contributed by atoms with van der Waals surface area (Å²) in [6.07, 6.45) is 2.76. The van der Waals surface area contributed by atoms with Gasteiger partial charge in [-0.15, -0.1) is 0 Å². The lowest BCUT2D eigenvalue weighted by atomic mass is 10.2. The molecule has 0 radical (unpaired) electrons. The van der Waals surface area contributed by atoms with Crippen molar-refractivity contribution < 1.29 is 6.22 Å². The SMILES string of the molecule is CCCCC(=O)NC(C)C.[HH]. The van der Waals surface area contributed by atoms with Gasteiger partial charge in [0.2, 0.25) is 5.91 Å². The van der Waals surface area contributed by atoms with E-state index in [4.69, 9.17) is 0 Å². The number of nitrogens with one attached hydrogen (secondary N) is 1. The predicted molar refractivity (Wildman–Crippen MR) is 44.9 cm³/mol. The van der Waals surface area contributed by atoms with Gasteiger partial charge in [-0.2, -0.15) is 0 Å². The maximum absolute atomic E-state index is 10.9. The maximum Gasteiger partial charge on any atom is 0.220 e. The van der Waals surface area contributed by atoms with E-state index in [9.17, 15) is 4.79 Å². The molecule has 0 heterocycles. The van der Waals surface area contributed by atoms with E-state index in [1.54, 1.807) is 0 Å². The molecule has 2 nitrogen and oxygen atoms in total. The number of rotatable bonds is 4. The molecule has 0 spiro atoms. The highest BCUT2D eigenvalue weighted by Crippen LogP contribution is 1.93. The van der Waals surface area contributed by atoms with Gasteiger partial charge in [-0.05, 0) is 20.3 Å². The van der Waals surface area contributed by atoms with E-state index >= 15 is 0 Å². The molecule has 0 aliphatic rings. The molecule has 0 bridgehead atoms. The van der Waals surface area contributed by atoms with Crippen molar-refractivity contribution in [3.63, 3.8) is 0 Å². The molecule has 62 valence electrons. The summed E-state index contributed by atoms with van der Waals surface area (Å²) >= 11 is 0. The van der Waals surface area contributed by atoms with E-state index in [2.05, 4.69) is 12.2 Å². The minimum atomic E-state index is 0. The zero-order chi connectivity index (χ0) is 7.98. The molecule has 0 unspecified atom stereocenters. The third-order valence-corrected chi connectivity index (χ3v) is 1.21. The van der Waals surface area contributed by atoms with Gasteiger partial charge in [0, 0.05) is 13.9 Å². The number of carbonyl (C=O) groups excluding carboxylic acids is 1. The topological polar surface area (TPSA) is 29.1 Å². The van der Waals surface area contributed by atoms with Crippen LogP contribution in [0.15, 0.2) is 0 Å². The van der Waals surface area contributed by atoms with Gasteiger partial charge in [-0.3, -0.25) is 4.79 Å². The molecule has 1 amide bonds. The van der Waals surface area contributed by atoms with Crippen molar-refractivity contribution in [1.82, 2.24) is 5.32 Å². The molecular formula is C8H19NO. The van der Waals surface area contributed by atoms with Gasteiger partial charge < -0.3 is 5.32 Å². The second-order valence-corrected chi connectivity index (χ2v) is 2.83. The summed E-state index contributed by atoms with van der Waals surface area (Å²) in [4.78, 5) is 10.9. The van der Waals surface area contributed by atoms with E-state index in [0.29, 0.717) is 6.42 Å². The Morgan fingerprint density at radius 1 is 1.60 bits per heavy atom. The summed E-state index contributed by atoms with van der Waals surface area (Å²) in [5, 5.41) is 2.84. The van der Waals surface area contributed by atoms with E-state index in [1.165, 1.54) is 0 Å². The van der Waals surface area contributed by atoms with Crippen LogP contribution < -0.4 is 5.32 Å². The van der Waals surface area contributed by atoms with E-state index in [0.717, 1.165) is 12.8 Å². The summed E-state index contributed by atoms with van der Waals surface area (Å²) in [5.41, 5.74) is 0. The molecule has 0 fully saturated rings. The standard InChI is InChI=1S/C8H17NO.H2/c1-4-5-6-8(10)9-7(2)3;/h7H,4-6H2,1-3H3,(H,9,10);1H. The maximum atomic E-state index is 10.9. The molecule has 10 heavy (non-hydrogen) atoms.